The second-order valence-corrected chi connectivity index (χ2v) is 7.00. The standard InChI is InChI=1S/C20H24N4O3/c1-4-26-17-9-14-8-13(3)27-19(14)18-15(17)10-16(23-18)20(25)22-12(2)11-24-7-5-6-21-24/h5-7,9-10,12-13,23H,4,8,11H2,1-3H3,(H,22,25)/t12-,13+/m0/s1. The number of aromatic amines is 1. The first kappa shape index (κ1) is 17.5. The third-order valence-corrected chi connectivity index (χ3v) is 4.68. The minimum absolute atomic E-state index is 0.0582. The Morgan fingerprint density at radius 2 is 2.37 bits per heavy atom. The molecule has 7 heteroatoms. The Balaban J connectivity index is 1.61. The SMILES string of the molecule is CCOc1cc2c(c3[nH]c(C(=O)N[C@@H](C)Cn4cccn4)cc13)O[C@H](C)C2. The van der Waals surface area contributed by atoms with E-state index in [0.29, 0.717) is 18.8 Å². The summed E-state index contributed by atoms with van der Waals surface area (Å²) in [5.74, 6) is 1.45. The normalized spacial score (nSPS) is 16.8. The lowest BCUT2D eigenvalue weighted by atomic mass is 10.1. The first-order valence-corrected chi connectivity index (χ1v) is 9.31. The maximum atomic E-state index is 12.7. The van der Waals surface area contributed by atoms with Gasteiger partial charge in [0.2, 0.25) is 0 Å². The van der Waals surface area contributed by atoms with E-state index in [9.17, 15) is 4.79 Å². The zero-order valence-electron chi connectivity index (χ0n) is 15.8. The Hall–Kier alpha value is -2.96. The van der Waals surface area contributed by atoms with Gasteiger partial charge < -0.3 is 19.8 Å². The fraction of sp³-hybridized carbons (Fsp3) is 0.400. The van der Waals surface area contributed by atoms with E-state index in [2.05, 4.69) is 15.4 Å². The molecule has 2 atom stereocenters. The lowest BCUT2D eigenvalue weighted by molar-refractivity contribution is 0.0932. The number of nitrogens with one attached hydrogen (secondary N) is 2. The molecule has 0 fully saturated rings. The molecule has 7 nitrogen and oxygen atoms in total. The van der Waals surface area contributed by atoms with Gasteiger partial charge in [0.25, 0.3) is 5.91 Å². The van der Waals surface area contributed by atoms with Crippen molar-refractivity contribution in [2.24, 2.45) is 0 Å². The van der Waals surface area contributed by atoms with Crippen molar-refractivity contribution in [2.45, 2.75) is 45.9 Å². The molecule has 1 aliphatic rings. The number of H-pyrrole nitrogens is 1. The largest absolute Gasteiger partial charge is 0.493 e. The average Bonchev–Trinajstić information content (AvgIpc) is 3.33. The summed E-state index contributed by atoms with van der Waals surface area (Å²) in [4.78, 5) is 16.0. The molecule has 3 aromatic rings. The Morgan fingerprint density at radius 3 is 3.11 bits per heavy atom. The van der Waals surface area contributed by atoms with Crippen LogP contribution in [-0.4, -0.2) is 39.4 Å². The van der Waals surface area contributed by atoms with Gasteiger partial charge in [-0.15, -0.1) is 0 Å². The van der Waals surface area contributed by atoms with Gasteiger partial charge in [0.15, 0.2) is 0 Å². The van der Waals surface area contributed by atoms with Crippen LogP contribution in [0.1, 0.15) is 36.8 Å². The number of rotatable bonds is 6. The van der Waals surface area contributed by atoms with Gasteiger partial charge in [-0.3, -0.25) is 9.48 Å². The number of hydrogen-bond donors (Lipinski definition) is 2. The summed E-state index contributed by atoms with van der Waals surface area (Å²) in [6.45, 7) is 7.13. The first-order valence-electron chi connectivity index (χ1n) is 9.31. The van der Waals surface area contributed by atoms with Gasteiger partial charge in [0.05, 0.1) is 18.7 Å². The molecule has 0 saturated carbocycles. The average molecular weight is 368 g/mol. The third-order valence-electron chi connectivity index (χ3n) is 4.68. The van der Waals surface area contributed by atoms with Gasteiger partial charge in [0.1, 0.15) is 23.3 Å². The van der Waals surface area contributed by atoms with Crippen molar-refractivity contribution in [3.8, 4) is 11.5 Å². The van der Waals surface area contributed by atoms with Crippen LogP contribution in [0.3, 0.4) is 0 Å². The number of carbonyl (C=O) groups is 1. The van der Waals surface area contributed by atoms with Crippen LogP contribution in [0.2, 0.25) is 0 Å². The summed E-state index contributed by atoms with van der Waals surface area (Å²) in [6.07, 6.45) is 4.56. The van der Waals surface area contributed by atoms with E-state index in [0.717, 1.165) is 34.4 Å². The number of aromatic nitrogens is 3. The van der Waals surface area contributed by atoms with E-state index in [-0.39, 0.29) is 18.1 Å². The first-order chi connectivity index (χ1) is 13.0. The molecule has 1 amide bonds. The van der Waals surface area contributed by atoms with Gasteiger partial charge >= 0.3 is 0 Å². The van der Waals surface area contributed by atoms with Crippen molar-refractivity contribution in [1.82, 2.24) is 20.1 Å². The molecule has 0 bridgehead atoms. The fourth-order valence-corrected chi connectivity index (χ4v) is 3.56. The molecule has 0 aliphatic carbocycles. The number of amides is 1. The van der Waals surface area contributed by atoms with Crippen LogP contribution in [0.5, 0.6) is 11.5 Å². The highest BCUT2D eigenvalue weighted by Crippen LogP contribution is 2.41. The van der Waals surface area contributed by atoms with Crippen molar-refractivity contribution in [1.29, 1.82) is 0 Å². The number of nitrogens with zero attached hydrogens (tertiary/aromatic N) is 2. The minimum atomic E-state index is -0.159. The molecule has 0 radical (unpaired) electrons. The van der Waals surface area contributed by atoms with Crippen LogP contribution in [0.4, 0.5) is 0 Å². The van der Waals surface area contributed by atoms with Crippen LogP contribution in [-0.2, 0) is 13.0 Å². The molecule has 0 spiro atoms. The summed E-state index contributed by atoms with van der Waals surface area (Å²) >= 11 is 0. The maximum absolute atomic E-state index is 12.7. The second-order valence-electron chi connectivity index (χ2n) is 7.00. The lowest BCUT2D eigenvalue weighted by Gasteiger charge is -2.13. The van der Waals surface area contributed by atoms with Crippen LogP contribution in [0, 0.1) is 0 Å². The maximum Gasteiger partial charge on any atom is 0.268 e. The summed E-state index contributed by atoms with van der Waals surface area (Å²) < 4.78 is 13.6. The minimum Gasteiger partial charge on any atom is -0.493 e. The molecule has 4 rings (SSSR count). The number of ether oxygens (including phenoxy) is 2. The van der Waals surface area contributed by atoms with Crippen molar-refractivity contribution in [3.05, 3.63) is 41.9 Å². The van der Waals surface area contributed by atoms with Crippen molar-refractivity contribution in [2.75, 3.05) is 6.61 Å². The molecule has 3 heterocycles. The highest BCUT2D eigenvalue weighted by molar-refractivity contribution is 6.02. The Morgan fingerprint density at radius 1 is 1.52 bits per heavy atom. The third kappa shape index (κ3) is 3.37. The molecule has 2 N–H and O–H groups in total. The number of fused-ring (bicyclic) bond motifs is 3. The molecule has 1 aromatic carbocycles. The van der Waals surface area contributed by atoms with Crippen molar-refractivity contribution < 1.29 is 14.3 Å². The highest BCUT2D eigenvalue weighted by atomic mass is 16.5. The second kappa shape index (κ2) is 6.98. The van der Waals surface area contributed by atoms with Gasteiger partial charge in [-0.2, -0.15) is 5.10 Å². The highest BCUT2D eigenvalue weighted by Gasteiger charge is 2.26. The topological polar surface area (TPSA) is 81.2 Å². The summed E-state index contributed by atoms with van der Waals surface area (Å²) in [6, 6.07) is 5.67. The molecule has 1 aliphatic heterocycles. The molecule has 0 saturated heterocycles. The molecule has 27 heavy (non-hydrogen) atoms. The van der Waals surface area contributed by atoms with Crippen molar-refractivity contribution >= 4 is 16.8 Å². The number of benzene rings is 1. The van der Waals surface area contributed by atoms with Gasteiger partial charge in [-0.05, 0) is 39.0 Å². The van der Waals surface area contributed by atoms with E-state index in [1.54, 1.807) is 10.9 Å². The summed E-state index contributed by atoms with van der Waals surface area (Å²) in [5.41, 5.74) is 2.43. The Kier molecular flexibility index (Phi) is 4.51. The molecular formula is C20H24N4O3. The molecule has 2 aromatic heterocycles. The monoisotopic (exact) mass is 368 g/mol. The lowest BCUT2D eigenvalue weighted by Crippen LogP contribution is -2.35. The quantitative estimate of drug-likeness (QED) is 0.701. The molecular weight excluding hydrogens is 344 g/mol. The van der Waals surface area contributed by atoms with E-state index >= 15 is 0 Å². The van der Waals surface area contributed by atoms with Gasteiger partial charge in [-0.25, -0.2) is 0 Å². The van der Waals surface area contributed by atoms with Gasteiger partial charge in [-0.1, -0.05) is 0 Å². The number of carbonyl (C=O) groups excluding carboxylic acids is 1. The van der Waals surface area contributed by atoms with Crippen LogP contribution >= 0.6 is 0 Å². The predicted molar refractivity (Wildman–Crippen MR) is 102 cm³/mol. The van der Waals surface area contributed by atoms with E-state index in [1.807, 2.05) is 45.2 Å². The van der Waals surface area contributed by atoms with Crippen LogP contribution in [0.25, 0.3) is 10.9 Å². The van der Waals surface area contributed by atoms with E-state index in [1.165, 1.54) is 0 Å². The van der Waals surface area contributed by atoms with E-state index < -0.39 is 0 Å². The van der Waals surface area contributed by atoms with Crippen LogP contribution < -0.4 is 14.8 Å². The predicted octanol–water partition coefficient (Wildman–Crippen LogP) is 2.91. The molecule has 142 valence electrons. The Labute approximate surface area is 157 Å². The number of hydrogen-bond acceptors (Lipinski definition) is 4. The fourth-order valence-electron chi connectivity index (χ4n) is 3.56. The van der Waals surface area contributed by atoms with Gasteiger partial charge in [0, 0.05) is 35.8 Å². The zero-order valence-corrected chi connectivity index (χ0v) is 15.8. The van der Waals surface area contributed by atoms with Crippen molar-refractivity contribution in [3.63, 3.8) is 0 Å². The summed E-state index contributed by atoms with van der Waals surface area (Å²) in [7, 11) is 0. The van der Waals surface area contributed by atoms with Crippen LogP contribution in [0.15, 0.2) is 30.6 Å². The Bertz CT molecular complexity index is 961. The zero-order chi connectivity index (χ0) is 19.0. The smallest absolute Gasteiger partial charge is 0.268 e. The van der Waals surface area contributed by atoms with E-state index in [4.69, 9.17) is 9.47 Å². The summed E-state index contributed by atoms with van der Waals surface area (Å²) in [5, 5.41) is 8.05. The molecule has 0 unspecified atom stereocenters.